The molecule has 1 atom stereocenters. The Kier molecular flexibility index (Phi) is 5.72. The SMILES string of the molecule is C#CCN1CCC(C(=O)N[C@H]2CC(=O)N(Cc3ccccc3)C2)CC1. The largest absolute Gasteiger partial charge is 0.351 e. The number of rotatable bonds is 5. The van der Waals surface area contributed by atoms with Gasteiger partial charge in [0.1, 0.15) is 0 Å². The molecule has 5 heteroatoms. The van der Waals surface area contributed by atoms with Gasteiger partial charge >= 0.3 is 0 Å². The maximum Gasteiger partial charge on any atom is 0.225 e. The Balaban J connectivity index is 1.47. The van der Waals surface area contributed by atoms with Gasteiger partial charge in [0.15, 0.2) is 0 Å². The quantitative estimate of drug-likeness (QED) is 0.822. The molecule has 0 aromatic heterocycles. The molecule has 25 heavy (non-hydrogen) atoms. The van der Waals surface area contributed by atoms with Gasteiger partial charge in [0.2, 0.25) is 11.8 Å². The van der Waals surface area contributed by atoms with Crippen LogP contribution in [0, 0.1) is 18.3 Å². The normalized spacial score (nSPS) is 22.0. The standard InChI is InChI=1S/C20H25N3O2/c1-2-10-22-11-8-17(9-12-22)20(25)21-18-13-19(24)23(15-18)14-16-6-4-3-5-7-16/h1,3-7,17-18H,8-15H2,(H,21,25)/t18-/m0/s1. The van der Waals surface area contributed by atoms with E-state index in [2.05, 4.69) is 16.1 Å². The molecular weight excluding hydrogens is 314 g/mol. The third kappa shape index (κ3) is 4.61. The highest BCUT2D eigenvalue weighted by Gasteiger charge is 2.33. The summed E-state index contributed by atoms with van der Waals surface area (Å²) in [4.78, 5) is 28.7. The van der Waals surface area contributed by atoms with Crippen LogP contribution in [-0.2, 0) is 16.1 Å². The number of hydrogen-bond acceptors (Lipinski definition) is 3. The Hall–Kier alpha value is -2.32. The van der Waals surface area contributed by atoms with E-state index in [0.717, 1.165) is 31.5 Å². The molecule has 1 N–H and O–H groups in total. The van der Waals surface area contributed by atoms with Gasteiger partial charge in [-0.15, -0.1) is 6.42 Å². The fourth-order valence-corrected chi connectivity index (χ4v) is 3.63. The van der Waals surface area contributed by atoms with Crippen molar-refractivity contribution in [2.24, 2.45) is 5.92 Å². The fourth-order valence-electron chi connectivity index (χ4n) is 3.63. The second kappa shape index (κ2) is 8.17. The summed E-state index contributed by atoms with van der Waals surface area (Å²) in [6.07, 6.45) is 7.40. The van der Waals surface area contributed by atoms with Crippen LogP contribution in [0.2, 0.25) is 0 Å². The molecule has 0 aliphatic carbocycles. The highest BCUT2D eigenvalue weighted by molar-refractivity contribution is 5.83. The summed E-state index contributed by atoms with van der Waals surface area (Å²) in [6, 6.07) is 9.87. The lowest BCUT2D eigenvalue weighted by atomic mass is 9.95. The van der Waals surface area contributed by atoms with Gasteiger partial charge in [0, 0.05) is 25.4 Å². The van der Waals surface area contributed by atoms with Crippen LogP contribution in [-0.4, -0.2) is 53.8 Å². The molecule has 0 spiro atoms. The molecule has 2 fully saturated rings. The van der Waals surface area contributed by atoms with Crippen LogP contribution in [0.5, 0.6) is 0 Å². The first-order valence-corrected chi connectivity index (χ1v) is 8.93. The van der Waals surface area contributed by atoms with Crippen molar-refractivity contribution in [2.75, 3.05) is 26.2 Å². The molecule has 3 rings (SSSR count). The topological polar surface area (TPSA) is 52.7 Å². The smallest absolute Gasteiger partial charge is 0.225 e. The minimum absolute atomic E-state index is 0.0345. The number of piperidine rings is 1. The van der Waals surface area contributed by atoms with Gasteiger partial charge in [-0.05, 0) is 31.5 Å². The average Bonchev–Trinajstić information content (AvgIpc) is 2.96. The summed E-state index contributed by atoms with van der Waals surface area (Å²) in [5.74, 6) is 2.88. The summed E-state index contributed by atoms with van der Waals surface area (Å²) >= 11 is 0. The number of terminal acetylenes is 1. The molecule has 2 heterocycles. The molecular formula is C20H25N3O2. The lowest BCUT2D eigenvalue weighted by Gasteiger charge is -2.30. The Morgan fingerprint density at radius 1 is 1.24 bits per heavy atom. The van der Waals surface area contributed by atoms with Crippen LogP contribution in [0.1, 0.15) is 24.8 Å². The van der Waals surface area contributed by atoms with E-state index in [0.29, 0.717) is 26.1 Å². The van der Waals surface area contributed by atoms with Gasteiger partial charge in [0.05, 0.1) is 12.6 Å². The number of benzene rings is 1. The van der Waals surface area contributed by atoms with Crippen molar-refractivity contribution in [3.05, 3.63) is 35.9 Å². The van der Waals surface area contributed by atoms with E-state index in [1.165, 1.54) is 0 Å². The minimum atomic E-state index is -0.0764. The van der Waals surface area contributed by atoms with Crippen LogP contribution in [0.3, 0.4) is 0 Å². The number of carbonyl (C=O) groups is 2. The molecule has 1 aromatic rings. The zero-order chi connectivity index (χ0) is 17.6. The van der Waals surface area contributed by atoms with Gasteiger partial charge in [-0.3, -0.25) is 14.5 Å². The average molecular weight is 339 g/mol. The summed E-state index contributed by atoms with van der Waals surface area (Å²) < 4.78 is 0. The number of hydrogen-bond donors (Lipinski definition) is 1. The van der Waals surface area contributed by atoms with Crippen molar-refractivity contribution in [2.45, 2.75) is 31.8 Å². The van der Waals surface area contributed by atoms with Gasteiger partial charge in [-0.1, -0.05) is 36.3 Å². The molecule has 0 unspecified atom stereocenters. The summed E-state index contributed by atoms with van der Waals surface area (Å²) in [6.45, 7) is 3.59. The summed E-state index contributed by atoms with van der Waals surface area (Å²) in [7, 11) is 0. The van der Waals surface area contributed by atoms with Crippen LogP contribution in [0.25, 0.3) is 0 Å². The second-order valence-electron chi connectivity index (χ2n) is 6.92. The molecule has 2 saturated heterocycles. The van der Waals surface area contributed by atoms with Crippen molar-refractivity contribution >= 4 is 11.8 Å². The van der Waals surface area contributed by atoms with E-state index in [9.17, 15) is 9.59 Å². The monoisotopic (exact) mass is 339 g/mol. The van der Waals surface area contributed by atoms with Gasteiger partial charge in [0.25, 0.3) is 0 Å². The van der Waals surface area contributed by atoms with Crippen LogP contribution in [0.4, 0.5) is 0 Å². The van der Waals surface area contributed by atoms with E-state index in [1.807, 2.05) is 35.2 Å². The minimum Gasteiger partial charge on any atom is -0.351 e. The highest BCUT2D eigenvalue weighted by atomic mass is 16.2. The zero-order valence-electron chi connectivity index (χ0n) is 14.5. The molecule has 5 nitrogen and oxygen atoms in total. The van der Waals surface area contributed by atoms with Crippen molar-refractivity contribution in [1.82, 2.24) is 15.1 Å². The Labute approximate surface area is 149 Å². The van der Waals surface area contributed by atoms with E-state index < -0.39 is 0 Å². The summed E-state index contributed by atoms with van der Waals surface area (Å²) in [5.41, 5.74) is 1.11. The fraction of sp³-hybridized carbons (Fsp3) is 0.500. The summed E-state index contributed by atoms with van der Waals surface area (Å²) in [5, 5.41) is 3.08. The number of nitrogens with zero attached hydrogens (tertiary/aromatic N) is 2. The molecule has 2 aliphatic heterocycles. The van der Waals surface area contributed by atoms with Crippen molar-refractivity contribution in [3.8, 4) is 12.3 Å². The predicted molar refractivity (Wildman–Crippen MR) is 96.4 cm³/mol. The predicted octanol–water partition coefficient (Wildman–Crippen LogP) is 1.25. The third-order valence-electron chi connectivity index (χ3n) is 5.05. The number of likely N-dealkylation sites (tertiary alicyclic amines) is 2. The molecule has 1 aromatic carbocycles. The first kappa shape index (κ1) is 17.5. The van der Waals surface area contributed by atoms with Crippen LogP contribution in [0.15, 0.2) is 30.3 Å². The maximum atomic E-state index is 12.5. The number of carbonyl (C=O) groups excluding carboxylic acids is 2. The van der Waals surface area contributed by atoms with Gasteiger partial charge in [-0.25, -0.2) is 0 Å². The highest BCUT2D eigenvalue weighted by Crippen LogP contribution is 2.19. The van der Waals surface area contributed by atoms with E-state index in [1.54, 1.807) is 0 Å². The van der Waals surface area contributed by atoms with Crippen molar-refractivity contribution in [3.63, 3.8) is 0 Å². The van der Waals surface area contributed by atoms with Crippen LogP contribution < -0.4 is 5.32 Å². The number of amides is 2. The van der Waals surface area contributed by atoms with E-state index in [4.69, 9.17) is 6.42 Å². The molecule has 0 radical (unpaired) electrons. The van der Waals surface area contributed by atoms with Gasteiger partial charge in [-0.2, -0.15) is 0 Å². The van der Waals surface area contributed by atoms with E-state index >= 15 is 0 Å². The number of nitrogens with one attached hydrogen (secondary N) is 1. The lowest BCUT2D eigenvalue weighted by Crippen LogP contribution is -2.44. The first-order chi connectivity index (χ1) is 12.2. The van der Waals surface area contributed by atoms with Crippen molar-refractivity contribution < 1.29 is 9.59 Å². The van der Waals surface area contributed by atoms with Crippen molar-refractivity contribution in [1.29, 1.82) is 0 Å². The third-order valence-corrected chi connectivity index (χ3v) is 5.05. The molecule has 0 saturated carbocycles. The Morgan fingerprint density at radius 3 is 2.64 bits per heavy atom. The zero-order valence-corrected chi connectivity index (χ0v) is 14.5. The molecule has 132 valence electrons. The molecule has 2 aliphatic rings. The molecule has 2 amide bonds. The maximum absolute atomic E-state index is 12.5. The second-order valence-corrected chi connectivity index (χ2v) is 6.92. The van der Waals surface area contributed by atoms with E-state index in [-0.39, 0.29) is 23.8 Å². The molecule has 0 bridgehead atoms. The van der Waals surface area contributed by atoms with Crippen LogP contribution >= 0.6 is 0 Å². The van der Waals surface area contributed by atoms with Gasteiger partial charge < -0.3 is 10.2 Å². The Morgan fingerprint density at radius 2 is 1.96 bits per heavy atom. The lowest BCUT2D eigenvalue weighted by molar-refractivity contribution is -0.128. The first-order valence-electron chi connectivity index (χ1n) is 8.93. The Bertz CT molecular complexity index is 645.